The Hall–Kier alpha value is -6.03. The molecule has 292 valence electrons. The number of carboxylic acid groups (broad SMARTS) is 1. The van der Waals surface area contributed by atoms with Crippen LogP contribution in [-0.2, 0) is 23.8 Å². The minimum Gasteiger partial charge on any atom is -0.497 e. The molecular formula is C37H47ClN6O10. The average molecular weight is 771 g/mol. The van der Waals surface area contributed by atoms with Gasteiger partial charge in [-0.2, -0.15) is 0 Å². The molecule has 2 aromatic carbocycles. The Morgan fingerprint density at radius 1 is 0.741 bits per heavy atom. The van der Waals surface area contributed by atoms with Crippen molar-refractivity contribution in [3.63, 3.8) is 0 Å². The number of hydrogen-bond donors (Lipinski definition) is 1. The van der Waals surface area contributed by atoms with E-state index in [2.05, 4.69) is 29.6 Å². The van der Waals surface area contributed by atoms with E-state index in [-0.39, 0.29) is 20.0 Å². The molecule has 4 aromatic rings. The monoisotopic (exact) mass is 770 g/mol. The second-order valence-corrected chi connectivity index (χ2v) is 12.2. The third-order valence-corrected chi connectivity index (χ3v) is 6.20. The van der Waals surface area contributed by atoms with E-state index in [4.69, 9.17) is 30.9 Å². The van der Waals surface area contributed by atoms with E-state index in [1.54, 1.807) is 14.2 Å². The van der Waals surface area contributed by atoms with E-state index in [0.29, 0.717) is 29.9 Å². The number of esters is 1. The van der Waals surface area contributed by atoms with Gasteiger partial charge in [-0.05, 0) is 73.2 Å². The van der Waals surface area contributed by atoms with E-state index in [9.17, 15) is 19.2 Å². The highest BCUT2D eigenvalue weighted by molar-refractivity contribution is 6.61. The number of hydrogen-bond acceptors (Lipinski definition) is 13. The highest BCUT2D eigenvalue weighted by Crippen LogP contribution is 2.24. The number of carbonyl (C=O) groups is 4. The summed E-state index contributed by atoms with van der Waals surface area (Å²) < 4.78 is 26.8. The van der Waals surface area contributed by atoms with Gasteiger partial charge < -0.3 is 28.8 Å². The fraction of sp³-hybridized carbons (Fsp3) is 0.351. The van der Waals surface area contributed by atoms with Crippen LogP contribution in [0.25, 0.3) is 35.2 Å². The van der Waals surface area contributed by atoms with Crippen molar-refractivity contribution in [1.82, 2.24) is 29.5 Å². The van der Waals surface area contributed by atoms with Crippen LogP contribution in [0.4, 0.5) is 9.59 Å². The summed E-state index contributed by atoms with van der Waals surface area (Å²) in [5.74, 6) is 1.04. The van der Waals surface area contributed by atoms with Crippen molar-refractivity contribution in [3.05, 3.63) is 72.3 Å². The summed E-state index contributed by atoms with van der Waals surface area (Å²) in [5, 5.41) is 17.0. The van der Waals surface area contributed by atoms with Crippen molar-refractivity contribution in [2.45, 2.75) is 49.0 Å². The zero-order chi connectivity index (χ0) is 39.5. The zero-order valence-corrected chi connectivity index (χ0v) is 31.4. The summed E-state index contributed by atoms with van der Waals surface area (Å²) in [4.78, 5) is 51.5. The highest BCUT2D eigenvalue weighted by atomic mass is 35.5. The number of ether oxygens (including phenoxy) is 5. The third kappa shape index (κ3) is 17.9. The van der Waals surface area contributed by atoms with E-state index in [0.717, 1.165) is 40.2 Å². The van der Waals surface area contributed by atoms with Crippen LogP contribution in [-0.4, -0.2) is 85.6 Å². The van der Waals surface area contributed by atoms with Crippen molar-refractivity contribution in [2.24, 2.45) is 11.8 Å². The first-order valence-corrected chi connectivity index (χ1v) is 16.4. The maximum absolute atomic E-state index is 11.6. The number of carbonyl (C=O) groups excluding carboxylic acids is 3. The van der Waals surface area contributed by atoms with E-state index in [1.165, 1.54) is 34.4 Å². The van der Waals surface area contributed by atoms with Crippen molar-refractivity contribution < 1.29 is 48.0 Å². The van der Waals surface area contributed by atoms with Crippen LogP contribution in [0.2, 0.25) is 0 Å². The number of aryl methyl sites for hydroxylation is 2. The first-order chi connectivity index (χ1) is 25.1. The fourth-order valence-corrected chi connectivity index (χ4v) is 3.90. The van der Waals surface area contributed by atoms with Crippen LogP contribution in [0.1, 0.15) is 46.2 Å². The molecule has 54 heavy (non-hydrogen) atoms. The van der Waals surface area contributed by atoms with Gasteiger partial charge in [0.05, 0.1) is 27.4 Å². The van der Waals surface area contributed by atoms with Gasteiger partial charge in [0.15, 0.2) is 11.6 Å². The molecule has 0 aliphatic rings. The maximum Gasteiger partial charge on any atom is 0.516 e. The number of nitrogens with zero attached hydrogens (tertiary/aromatic N) is 6. The minimum atomic E-state index is -1.03. The molecule has 0 amide bonds. The average Bonchev–Trinajstić information content (AvgIpc) is 3.78. The van der Waals surface area contributed by atoms with Crippen LogP contribution >= 0.6 is 11.6 Å². The fourth-order valence-electron chi connectivity index (χ4n) is 3.84. The molecule has 0 spiro atoms. The van der Waals surface area contributed by atoms with Gasteiger partial charge in [0.2, 0.25) is 0 Å². The van der Waals surface area contributed by atoms with E-state index >= 15 is 0 Å². The summed E-state index contributed by atoms with van der Waals surface area (Å²) in [6.45, 7) is 12.1. The van der Waals surface area contributed by atoms with Gasteiger partial charge in [0.1, 0.15) is 24.2 Å². The summed E-state index contributed by atoms with van der Waals surface area (Å²) in [7, 11) is 3.19. The molecule has 16 nitrogen and oxygen atoms in total. The molecule has 0 saturated carbocycles. The molecule has 2 heterocycles. The second-order valence-electron chi connectivity index (χ2n) is 11.9. The number of benzene rings is 2. The smallest absolute Gasteiger partial charge is 0.497 e. The topological polar surface area (TPSA) is 196 Å². The number of methoxy groups -OCH3 is 2. The lowest BCUT2D eigenvalue weighted by atomic mass is 10.1. The van der Waals surface area contributed by atoms with Crippen LogP contribution in [0.15, 0.2) is 61.2 Å². The van der Waals surface area contributed by atoms with Gasteiger partial charge >= 0.3 is 23.5 Å². The molecule has 1 N–H and O–H groups in total. The van der Waals surface area contributed by atoms with E-state index in [1.807, 2.05) is 77.9 Å². The standard InChI is InChI=1S/C18H21N3O5.C13H13N3O3.C5H9ClO2.CH4/c1-12(2)10-25-18(23)26-16(22)5-6-21-11-19-17(20-21)14-7-13(3)8-15(9-14)24-4;1-9-5-10(7-11(6-9)19-2)13-14-8-16(15-13)4-3-12(17)18;1-4(2)3-8-5(6)7;/h5-9,11-12H,10H2,1-4H3;3-8H,1-2H3,(H,17,18);4H,3H2,1-2H3;1H4/b6-5-;4-3-;;. The lowest BCUT2D eigenvalue weighted by Crippen LogP contribution is -2.14. The number of aromatic nitrogens is 6. The number of carboxylic acids is 1. The van der Waals surface area contributed by atoms with E-state index < -0.39 is 23.5 Å². The van der Waals surface area contributed by atoms with Gasteiger partial charge in [0.25, 0.3) is 0 Å². The van der Waals surface area contributed by atoms with Gasteiger partial charge in [-0.1, -0.05) is 35.1 Å². The normalized spacial score (nSPS) is 10.5. The lowest BCUT2D eigenvalue weighted by molar-refractivity contribution is -0.134. The SMILES string of the molecule is C.CC(C)COC(=O)Cl.COc1cc(C)cc(-c2ncn(/C=C\C(=O)O)n2)c1.COc1cc(C)cc(-c2ncn(/C=C\C(=O)OC(=O)OCC(C)C)n2)c1. The Balaban J connectivity index is 0.000000456. The molecule has 0 aliphatic heterocycles. The molecular weight excluding hydrogens is 724 g/mol. The molecule has 0 atom stereocenters. The number of rotatable bonds is 12. The Morgan fingerprint density at radius 2 is 1.19 bits per heavy atom. The third-order valence-electron chi connectivity index (χ3n) is 6.09. The van der Waals surface area contributed by atoms with Crippen molar-refractivity contribution in [1.29, 1.82) is 0 Å². The van der Waals surface area contributed by atoms with Crippen LogP contribution in [0.5, 0.6) is 11.5 Å². The van der Waals surface area contributed by atoms with Crippen LogP contribution in [0, 0.1) is 25.7 Å². The summed E-state index contributed by atoms with van der Waals surface area (Å²) in [5.41, 5.74) is 2.92. The predicted octanol–water partition coefficient (Wildman–Crippen LogP) is 7.54. The van der Waals surface area contributed by atoms with Crippen LogP contribution < -0.4 is 9.47 Å². The molecule has 4 rings (SSSR count). The van der Waals surface area contributed by atoms with Crippen molar-refractivity contribution in [2.75, 3.05) is 27.4 Å². The molecule has 0 saturated heterocycles. The van der Waals surface area contributed by atoms with Gasteiger partial charge in [-0.25, -0.2) is 38.5 Å². The molecule has 0 bridgehead atoms. The maximum atomic E-state index is 11.6. The summed E-state index contributed by atoms with van der Waals surface area (Å²) in [6.07, 6.45) is 6.57. The van der Waals surface area contributed by atoms with Gasteiger partial charge in [-0.3, -0.25) is 0 Å². The molecule has 0 radical (unpaired) electrons. The Bertz CT molecular complexity index is 1880. The summed E-state index contributed by atoms with van der Waals surface area (Å²) in [6, 6.07) is 11.3. The first kappa shape index (κ1) is 46.0. The molecule has 0 unspecified atom stereocenters. The molecule has 0 aliphatic carbocycles. The largest absolute Gasteiger partial charge is 0.516 e. The highest BCUT2D eigenvalue weighted by Gasteiger charge is 2.11. The van der Waals surface area contributed by atoms with Crippen molar-refractivity contribution >= 4 is 47.5 Å². The number of halogens is 1. The van der Waals surface area contributed by atoms with Gasteiger partial charge in [0, 0.05) is 47.3 Å². The van der Waals surface area contributed by atoms with Crippen molar-refractivity contribution in [3.8, 4) is 34.3 Å². The molecule has 0 fully saturated rings. The zero-order valence-electron chi connectivity index (χ0n) is 30.7. The second kappa shape index (κ2) is 23.5. The Kier molecular flexibility index (Phi) is 20.0. The lowest BCUT2D eigenvalue weighted by Gasteiger charge is -2.05. The van der Waals surface area contributed by atoms with Gasteiger partial charge in [-0.15, -0.1) is 10.2 Å². The predicted molar refractivity (Wildman–Crippen MR) is 203 cm³/mol. The summed E-state index contributed by atoms with van der Waals surface area (Å²) >= 11 is 4.86. The molecule has 17 heteroatoms. The van der Waals surface area contributed by atoms with Crippen LogP contribution in [0.3, 0.4) is 0 Å². The molecule has 2 aromatic heterocycles. The Morgan fingerprint density at radius 3 is 1.57 bits per heavy atom. The quantitative estimate of drug-likeness (QED) is 0.0642. The first-order valence-electron chi connectivity index (χ1n) is 16.0. The number of aliphatic carboxylic acids is 1. The minimum absolute atomic E-state index is 0. The Labute approximate surface area is 319 Å².